The van der Waals surface area contributed by atoms with E-state index in [-0.39, 0.29) is 23.4 Å². The molecule has 0 spiro atoms. The van der Waals surface area contributed by atoms with Crippen LogP contribution in [0.5, 0.6) is 0 Å². The molecule has 0 fully saturated rings. The molecule has 35 heavy (non-hydrogen) atoms. The zero-order chi connectivity index (χ0) is 25.1. The first-order chi connectivity index (χ1) is 16.7. The second-order valence-electron chi connectivity index (χ2n) is 8.96. The maximum absolute atomic E-state index is 14.3. The van der Waals surface area contributed by atoms with Gasteiger partial charge in [-0.15, -0.1) is 0 Å². The summed E-state index contributed by atoms with van der Waals surface area (Å²) in [6.45, 7) is 2.07. The van der Waals surface area contributed by atoms with E-state index in [0.717, 1.165) is 5.69 Å². The minimum Gasteiger partial charge on any atom is -0.378 e. The van der Waals surface area contributed by atoms with Crippen LogP contribution in [0.4, 0.5) is 17.1 Å². The Morgan fingerprint density at radius 2 is 1.54 bits per heavy atom. The number of nitro groups is 1. The highest BCUT2D eigenvalue weighted by Gasteiger charge is 2.63. The lowest BCUT2D eigenvalue weighted by atomic mass is 9.64. The third-order valence-corrected chi connectivity index (χ3v) is 7.06. The number of benzene rings is 3. The Hall–Kier alpha value is -4.33. The van der Waals surface area contributed by atoms with Crippen molar-refractivity contribution in [2.75, 3.05) is 30.4 Å². The summed E-state index contributed by atoms with van der Waals surface area (Å²) in [6.07, 6.45) is 0. The van der Waals surface area contributed by atoms with Gasteiger partial charge in [-0.05, 0) is 30.7 Å². The van der Waals surface area contributed by atoms with Gasteiger partial charge in [0, 0.05) is 60.8 Å². The lowest BCUT2D eigenvalue weighted by Gasteiger charge is -2.33. The lowest BCUT2D eigenvalue weighted by molar-refractivity contribution is -0.384. The number of nitrogens with zero attached hydrogens (tertiary/aromatic N) is 3. The lowest BCUT2D eigenvalue weighted by Crippen LogP contribution is -2.50. The van der Waals surface area contributed by atoms with Gasteiger partial charge in [0.25, 0.3) is 5.69 Å². The topological polar surface area (TPSA) is 101 Å². The molecule has 1 aliphatic heterocycles. The second-order valence-corrected chi connectivity index (χ2v) is 8.96. The van der Waals surface area contributed by atoms with Gasteiger partial charge in [-0.25, -0.2) is 0 Å². The Morgan fingerprint density at radius 3 is 2.06 bits per heavy atom. The van der Waals surface area contributed by atoms with Gasteiger partial charge in [0.15, 0.2) is 11.6 Å². The fourth-order valence-electron chi connectivity index (χ4n) is 5.42. The highest BCUT2D eigenvalue weighted by Crippen LogP contribution is 2.54. The van der Waals surface area contributed by atoms with E-state index in [9.17, 15) is 24.5 Å². The molecule has 3 aromatic rings. The van der Waals surface area contributed by atoms with E-state index in [4.69, 9.17) is 0 Å². The number of hydrogen-bond donors (Lipinski definition) is 0. The summed E-state index contributed by atoms with van der Waals surface area (Å²) in [7, 11) is 3.76. The maximum atomic E-state index is 14.3. The summed E-state index contributed by atoms with van der Waals surface area (Å²) >= 11 is 0. The number of fused-ring (bicyclic) bond motifs is 2. The van der Waals surface area contributed by atoms with Crippen LogP contribution in [0, 0.1) is 16.0 Å². The summed E-state index contributed by atoms with van der Waals surface area (Å²) in [6, 6.07) is 17.8. The first-order valence-corrected chi connectivity index (χ1v) is 11.3. The molecule has 2 aliphatic rings. The van der Waals surface area contributed by atoms with Crippen molar-refractivity contribution in [1.82, 2.24) is 0 Å². The van der Waals surface area contributed by atoms with E-state index >= 15 is 0 Å². The number of likely N-dealkylation sites (N-methyl/N-ethyl adjacent to an activating group) is 1. The molecule has 0 saturated heterocycles. The molecule has 0 N–H and O–H groups in total. The number of ketones is 2. The van der Waals surface area contributed by atoms with Gasteiger partial charge in [0.1, 0.15) is 11.3 Å². The Bertz CT molecular complexity index is 1380. The van der Waals surface area contributed by atoms with Crippen molar-refractivity contribution in [3.63, 3.8) is 0 Å². The summed E-state index contributed by atoms with van der Waals surface area (Å²) in [4.78, 5) is 56.4. The maximum Gasteiger partial charge on any atom is 0.269 e. The molecule has 0 saturated carbocycles. The monoisotopic (exact) mass is 469 g/mol. The van der Waals surface area contributed by atoms with Gasteiger partial charge in [-0.1, -0.05) is 36.4 Å². The molecule has 1 unspecified atom stereocenters. The quantitative estimate of drug-likeness (QED) is 0.318. The van der Waals surface area contributed by atoms with Crippen molar-refractivity contribution in [3.05, 3.63) is 99.1 Å². The number of nitro benzene ring substituents is 1. The summed E-state index contributed by atoms with van der Waals surface area (Å²) in [5, 5.41) is 11.7. The Balaban J connectivity index is 1.86. The average molecular weight is 469 g/mol. The van der Waals surface area contributed by atoms with E-state index in [1.165, 1.54) is 23.1 Å². The van der Waals surface area contributed by atoms with Gasteiger partial charge in [-0.3, -0.25) is 24.5 Å². The molecule has 3 aromatic carbocycles. The number of Topliss-reactive ketones (excluding diaryl/α,β-unsaturated/α-hetero) is 2. The van der Waals surface area contributed by atoms with Crippen LogP contribution >= 0.6 is 0 Å². The van der Waals surface area contributed by atoms with Crippen molar-refractivity contribution in [3.8, 4) is 0 Å². The standard InChI is InChI=1S/C27H23N3O5/c1-4-29-22-14-13-18(30(34)35)15-21(22)27(26(29)33,16-9-11-17(12-10-16)28(2)3)23-24(31)19-7-5-6-8-20(19)25(23)32/h5-15,23H,4H2,1-3H3. The van der Waals surface area contributed by atoms with Crippen LogP contribution in [0.2, 0.25) is 0 Å². The van der Waals surface area contributed by atoms with Crippen LogP contribution in [0.25, 0.3) is 0 Å². The number of carbonyl (C=O) groups excluding carboxylic acids is 3. The molecule has 8 heteroatoms. The second kappa shape index (κ2) is 7.87. The van der Waals surface area contributed by atoms with Crippen LogP contribution in [0.1, 0.15) is 38.8 Å². The molecule has 0 aromatic heterocycles. The Morgan fingerprint density at radius 1 is 0.943 bits per heavy atom. The molecule has 1 aliphatic carbocycles. The largest absolute Gasteiger partial charge is 0.378 e. The number of rotatable bonds is 5. The molecule has 176 valence electrons. The van der Waals surface area contributed by atoms with E-state index in [0.29, 0.717) is 16.8 Å². The first kappa shape index (κ1) is 22.5. The molecular formula is C27H23N3O5. The van der Waals surface area contributed by atoms with Crippen molar-refractivity contribution < 1.29 is 19.3 Å². The van der Waals surface area contributed by atoms with Crippen LogP contribution in [0.15, 0.2) is 66.7 Å². The molecule has 8 nitrogen and oxygen atoms in total. The van der Waals surface area contributed by atoms with E-state index in [1.807, 2.05) is 31.1 Å². The number of non-ortho nitro benzene ring substituents is 1. The van der Waals surface area contributed by atoms with Crippen molar-refractivity contribution >= 4 is 34.5 Å². The molecule has 1 atom stereocenters. The third kappa shape index (κ3) is 2.96. The zero-order valence-corrected chi connectivity index (χ0v) is 19.5. The van der Waals surface area contributed by atoms with E-state index < -0.39 is 33.7 Å². The zero-order valence-electron chi connectivity index (χ0n) is 19.5. The Labute approximate surface area is 201 Å². The number of hydrogen-bond acceptors (Lipinski definition) is 6. The minimum atomic E-state index is -1.73. The molecular weight excluding hydrogens is 446 g/mol. The smallest absolute Gasteiger partial charge is 0.269 e. The third-order valence-electron chi connectivity index (χ3n) is 7.06. The molecule has 0 bridgehead atoms. The Kier molecular flexibility index (Phi) is 5.05. The average Bonchev–Trinajstić information content (AvgIpc) is 3.26. The highest BCUT2D eigenvalue weighted by atomic mass is 16.6. The fraction of sp³-hybridized carbons (Fsp3) is 0.222. The van der Waals surface area contributed by atoms with Crippen LogP contribution < -0.4 is 9.80 Å². The first-order valence-electron chi connectivity index (χ1n) is 11.3. The van der Waals surface area contributed by atoms with Gasteiger partial charge < -0.3 is 9.80 Å². The highest BCUT2D eigenvalue weighted by molar-refractivity contribution is 6.31. The van der Waals surface area contributed by atoms with E-state index in [2.05, 4.69) is 0 Å². The van der Waals surface area contributed by atoms with Gasteiger partial charge >= 0.3 is 0 Å². The van der Waals surface area contributed by atoms with Crippen LogP contribution in [-0.2, 0) is 10.2 Å². The predicted octanol–water partition coefficient (Wildman–Crippen LogP) is 4.01. The van der Waals surface area contributed by atoms with Gasteiger partial charge in [-0.2, -0.15) is 0 Å². The fourth-order valence-corrected chi connectivity index (χ4v) is 5.42. The van der Waals surface area contributed by atoms with Gasteiger partial charge in [0.05, 0.1) is 4.92 Å². The van der Waals surface area contributed by atoms with Crippen molar-refractivity contribution in [2.24, 2.45) is 5.92 Å². The minimum absolute atomic E-state index is 0.209. The molecule has 5 rings (SSSR count). The number of carbonyl (C=O) groups is 3. The predicted molar refractivity (Wildman–Crippen MR) is 131 cm³/mol. The summed E-state index contributed by atoms with van der Waals surface area (Å²) in [5.74, 6) is -2.71. The molecule has 1 heterocycles. The van der Waals surface area contributed by atoms with Crippen LogP contribution in [0.3, 0.4) is 0 Å². The number of anilines is 2. The molecule has 1 amide bonds. The van der Waals surface area contributed by atoms with Crippen molar-refractivity contribution in [1.29, 1.82) is 0 Å². The van der Waals surface area contributed by atoms with E-state index in [1.54, 1.807) is 43.3 Å². The molecule has 0 radical (unpaired) electrons. The van der Waals surface area contributed by atoms with Crippen LogP contribution in [-0.4, -0.2) is 43.0 Å². The van der Waals surface area contributed by atoms with Crippen molar-refractivity contribution in [2.45, 2.75) is 12.3 Å². The normalized spacial score (nSPS) is 19.2. The SMILES string of the molecule is CCN1C(=O)C(c2ccc(N(C)C)cc2)(C2C(=O)c3ccccc3C2=O)c2cc([N+](=O)[O-])ccc21. The number of amides is 1. The summed E-state index contributed by atoms with van der Waals surface area (Å²) in [5.41, 5.74) is 0.683. The van der Waals surface area contributed by atoms with Gasteiger partial charge in [0.2, 0.25) is 5.91 Å². The summed E-state index contributed by atoms with van der Waals surface area (Å²) < 4.78 is 0.